The second kappa shape index (κ2) is 16.2. The van der Waals surface area contributed by atoms with Gasteiger partial charge in [-0.3, -0.25) is 0 Å². The molecule has 0 saturated carbocycles. The summed E-state index contributed by atoms with van der Waals surface area (Å²) in [5.41, 5.74) is 34.0. The molecule has 0 saturated heterocycles. The van der Waals surface area contributed by atoms with E-state index in [0.717, 1.165) is 0 Å². The van der Waals surface area contributed by atoms with Crippen molar-refractivity contribution >= 4 is 77.5 Å². The fraction of sp³-hybridized carbons (Fsp3) is 0.266. The number of hydrogen-bond acceptors (Lipinski definition) is 0. The first-order chi connectivity index (χ1) is 39.5. The van der Waals surface area contributed by atoms with E-state index >= 15 is 0 Å². The molecular formula is C79H71BN2. The highest BCUT2D eigenvalue weighted by atomic mass is 15.1. The standard InChI is InChI=1S/C79H71BN2/c1-42(2)46-26-30-70-57(33-46)58-35-49(44(5)6)39-68-73(58)81(70)75-61(54-28-27-51(52-19-13-14-20-53(52)54)47-25-29-64-65(37-47)78(11,12)32-31-77(64,9)10)41-67-76-71(75)80(68)69-40-50(45(7)8)36-60-59-34-48(43(3)4)38-66(72(59)82(76)74(60)69)79(67)62-23-17-15-21-55(62)56-22-16-18-24-63(56)79/h13-30,33-45H,31-32H2,1-12H3. The average Bonchev–Trinajstić information content (AvgIpc) is 1.40. The van der Waals surface area contributed by atoms with Gasteiger partial charge in [0.1, 0.15) is 0 Å². The monoisotopic (exact) mass is 1060 g/mol. The molecule has 2 aromatic heterocycles. The second-order valence-electron chi connectivity index (χ2n) is 28.1. The number of fused-ring (bicyclic) bond motifs is 16. The smallest absolute Gasteiger partial charge is 0.252 e. The Morgan fingerprint density at radius 2 is 0.878 bits per heavy atom. The van der Waals surface area contributed by atoms with Crippen molar-refractivity contribution in [1.82, 2.24) is 9.13 Å². The topological polar surface area (TPSA) is 9.86 Å². The second-order valence-corrected chi connectivity index (χ2v) is 28.1. The van der Waals surface area contributed by atoms with Crippen molar-refractivity contribution in [2.45, 2.75) is 136 Å². The minimum atomic E-state index is -0.623. The van der Waals surface area contributed by atoms with Crippen LogP contribution in [0, 0.1) is 0 Å². The fourth-order valence-corrected chi connectivity index (χ4v) is 17.0. The summed E-state index contributed by atoms with van der Waals surface area (Å²) in [6.45, 7) is 28.9. The van der Waals surface area contributed by atoms with Gasteiger partial charge in [-0.05, 0) is 194 Å². The van der Waals surface area contributed by atoms with Crippen LogP contribution in [0.2, 0.25) is 0 Å². The summed E-state index contributed by atoms with van der Waals surface area (Å²) in [4.78, 5) is 0. The van der Waals surface area contributed by atoms with Crippen molar-refractivity contribution in [2.75, 3.05) is 0 Å². The van der Waals surface area contributed by atoms with E-state index in [0.29, 0.717) is 23.7 Å². The minimum Gasteiger partial charge on any atom is -0.310 e. The minimum absolute atomic E-state index is 0.0343. The Kier molecular flexibility index (Phi) is 9.65. The third kappa shape index (κ3) is 5.97. The van der Waals surface area contributed by atoms with E-state index in [1.165, 1.54) is 184 Å². The summed E-state index contributed by atoms with van der Waals surface area (Å²) in [6, 6.07) is 66.7. The lowest BCUT2D eigenvalue weighted by Crippen LogP contribution is -2.61. The van der Waals surface area contributed by atoms with Gasteiger partial charge in [0.25, 0.3) is 6.71 Å². The number of benzene rings is 10. The van der Waals surface area contributed by atoms with Gasteiger partial charge in [-0.25, -0.2) is 0 Å². The van der Waals surface area contributed by atoms with Crippen LogP contribution in [0.4, 0.5) is 0 Å². The normalized spacial score (nSPS) is 16.2. The Morgan fingerprint density at radius 1 is 0.354 bits per heavy atom. The summed E-state index contributed by atoms with van der Waals surface area (Å²) < 4.78 is 5.60. The van der Waals surface area contributed by atoms with Crippen LogP contribution < -0.4 is 16.4 Å². The molecule has 3 heteroatoms. The van der Waals surface area contributed by atoms with Gasteiger partial charge in [0.15, 0.2) is 0 Å². The molecule has 10 aromatic carbocycles. The molecule has 17 rings (SSSR count). The van der Waals surface area contributed by atoms with E-state index in [2.05, 4.69) is 256 Å². The van der Waals surface area contributed by atoms with E-state index < -0.39 is 5.41 Å². The van der Waals surface area contributed by atoms with Gasteiger partial charge in [-0.2, -0.15) is 0 Å². The van der Waals surface area contributed by atoms with Crippen molar-refractivity contribution < 1.29 is 0 Å². The average molecular weight is 1060 g/mol. The van der Waals surface area contributed by atoms with Gasteiger partial charge in [0.05, 0.1) is 22.1 Å². The van der Waals surface area contributed by atoms with Crippen LogP contribution >= 0.6 is 0 Å². The number of rotatable bonds is 6. The number of nitrogens with zero attached hydrogens (tertiary/aromatic N) is 2. The summed E-state index contributed by atoms with van der Waals surface area (Å²) >= 11 is 0. The largest absolute Gasteiger partial charge is 0.310 e. The SMILES string of the molecule is CC(C)c1ccc2c(c1)c1cc(C(C)C)cc3c1n2-c1c(-c2ccc(-c4ccc5c(c4)C(C)(C)CCC5(C)C)c4ccccc24)cc2c4c1B3c1cc(C(C)C)cc3c5cc(C(C)C)cc(c5n-4c13)C21c2ccccc2-c2ccccc21. The zero-order chi connectivity index (χ0) is 55.9. The first-order valence-electron chi connectivity index (χ1n) is 30.8. The van der Waals surface area contributed by atoms with Crippen LogP contribution in [-0.4, -0.2) is 15.8 Å². The first kappa shape index (κ1) is 48.8. The van der Waals surface area contributed by atoms with Crippen LogP contribution in [0.1, 0.15) is 175 Å². The number of aromatic nitrogens is 2. The van der Waals surface area contributed by atoms with Crippen molar-refractivity contribution in [1.29, 1.82) is 0 Å². The van der Waals surface area contributed by atoms with Crippen LogP contribution in [0.3, 0.4) is 0 Å². The van der Waals surface area contributed by atoms with Crippen LogP contribution in [0.5, 0.6) is 0 Å². The molecule has 0 radical (unpaired) electrons. The van der Waals surface area contributed by atoms with Crippen molar-refractivity contribution in [3.8, 4) is 44.8 Å². The first-order valence-corrected chi connectivity index (χ1v) is 30.8. The molecule has 12 aromatic rings. The molecule has 2 aliphatic carbocycles. The molecule has 0 N–H and O–H groups in total. The molecule has 1 spiro atoms. The molecule has 0 atom stereocenters. The Bertz CT molecular complexity index is 4840. The Morgan fingerprint density at radius 3 is 1.51 bits per heavy atom. The highest BCUT2D eigenvalue weighted by Crippen LogP contribution is 2.63. The highest BCUT2D eigenvalue weighted by molar-refractivity contribution is 7.00. The van der Waals surface area contributed by atoms with Crippen LogP contribution in [0.25, 0.3) is 99.1 Å². The molecule has 2 nitrogen and oxygen atoms in total. The predicted octanol–water partition coefficient (Wildman–Crippen LogP) is 19.0. The Labute approximate surface area is 483 Å². The van der Waals surface area contributed by atoms with Crippen molar-refractivity contribution in [3.05, 3.63) is 219 Å². The van der Waals surface area contributed by atoms with Gasteiger partial charge in [-0.1, -0.05) is 210 Å². The maximum absolute atomic E-state index is 2.82. The van der Waals surface area contributed by atoms with E-state index in [1.54, 1.807) is 0 Å². The van der Waals surface area contributed by atoms with Crippen molar-refractivity contribution in [2.24, 2.45) is 0 Å². The molecule has 0 bridgehead atoms. The van der Waals surface area contributed by atoms with E-state index in [-0.39, 0.29) is 17.5 Å². The van der Waals surface area contributed by atoms with E-state index in [1.807, 2.05) is 0 Å². The zero-order valence-electron chi connectivity index (χ0n) is 49.8. The lowest BCUT2D eigenvalue weighted by atomic mass is 9.33. The van der Waals surface area contributed by atoms with E-state index in [4.69, 9.17) is 0 Å². The lowest BCUT2D eigenvalue weighted by Gasteiger charge is -2.45. The molecule has 0 amide bonds. The molecule has 400 valence electrons. The Hall–Kier alpha value is -7.88. The zero-order valence-corrected chi connectivity index (χ0v) is 49.8. The molecule has 82 heavy (non-hydrogen) atoms. The maximum atomic E-state index is 2.82. The van der Waals surface area contributed by atoms with Gasteiger partial charge >= 0.3 is 0 Å². The molecule has 5 heterocycles. The molecule has 0 unspecified atom stereocenters. The summed E-state index contributed by atoms with van der Waals surface area (Å²) in [5.74, 6) is 1.40. The lowest BCUT2D eigenvalue weighted by molar-refractivity contribution is 0.332. The van der Waals surface area contributed by atoms with Gasteiger partial charge in [0.2, 0.25) is 0 Å². The van der Waals surface area contributed by atoms with Crippen LogP contribution in [0.15, 0.2) is 164 Å². The van der Waals surface area contributed by atoms with E-state index in [9.17, 15) is 0 Å². The fourth-order valence-electron chi connectivity index (χ4n) is 17.0. The number of hydrogen-bond donors (Lipinski definition) is 0. The summed E-state index contributed by atoms with van der Waals surface area (Å²) in [5, 5.41) is 8.07. The Balaban J connectivity index is 1.11. The maximum Gasteiger partial charge on any atom is 0.252 e. The van der Waals surface area contributed by atoms with Gasteiger partial charge < -0.3 is 9.13 Å². The summed E-state index contributed by atoms with van der Waals surface area (Å²) in [7, 11) is 0. The summed E-state index contributed by atoms with van der Waals surface area (Å²) in [6.07, 6.45) is 2.39. The predicted molar refractivity (Wildman–Crippen MR) is 351 cm³/mol. The highest BCUT2D eigenvalue weighted by Gasteiger charge is 2.55. The molecule has 0 fully saturated rings. The quantitative estimate of drug-likeness (QED) is 0.147. The van der Waals surface area contributed by atoms with Gasteiger partial charge in [-0.15, -0.1) is 0 Å². The van der Waals surface area contributed by atoms with Crippen molar-refractivity contribution in [3.63, 3.8) is 0 Å². The third-order valence-corrected chi connectivity index (χ3v) is 21.4. The third-order valence-electron chi connectivity index (χ3n) is 21.4. The molecule has 3 aliphatic heterocycles. The molecular weight excluding hydrogens is 988 g/mol. The molecule has 5 aliphatic rings. The van der Waals surface area contributed by atoms with Gasteiger partial charge in [0, 0.05) is 43.8 Å². The van der Waals surface area contributed by atoms with Crippen LogP contribution in [-0.2, 0) is 16.2 Å².